The van der Waals surface area contributed by atoms with Crippen LogP contribution < -0.4 is 15.5 Å². The smallest absolute Gasteiger partial charge is 0.319 e. The Morgan fingerprint density at radius 2 is 1.81 bits per heavy atom. The SMILES string of the molecule is CCN(CCCNC(=O)Nc1ccccc1N1CCCCCC1)S(C)(=O)=O. The Morgan fingerprint density at radius 1 is 1.15 bits per heavy atom. The van der Waals surface area contributed by atoms with Crippen molar-refractivity contribution in [3.8, 4) is 0 Å². The van der Waals surface area contributed by atoms with Crippen LogP contribution in [0.5, 0.6) is 0 Å². The normalized spacial score (nSPS) is 15.4. The van der Waals surface area contributed by atoms with Gasteiger partial charge in [-0.3, -0.25) is 0 Å². The van der Waals surface area contributed by atoms with Gasteiger partial charge in [0, 0.05) is 32.7 Å². The molecule has 0 bridgehead atoms. The lowest BCUT2D eigenvalue weighted by Gasteiger charge is -2.25. The number of carbonyl (C=O) groups excluding carboxylic acids is 1. The number of carbonyl (C=O) groups is 1. The van der Waals surface area contributed by atoms with E-state index in [0.717, 1.165) is 24.5 Å². The Morgan fingerprint density at radius 3 is 2.44 bits per heavy atom. The van der Waals surface area contributed by atoms with Crippen molar-refractivity contribution in [2.24, 2.45) is 0 Å². The van der Waals surface area contributed by atoms with Gasteiger partial charge in [-0.25, -0.2) is 17.5 Å². The van der Waals surface area contributed by atoms with E-state index in [1.165, 1.54) is 36.2 Å². The van der Waals surface area contributed by atoms with E-state index < -0.39 is 10.0 Å². The van der Waals surface area contributed by atoms with E-state index >= 15 is 0 Å². The summed E-state index contributed by atoms with van der Waals surface area (Å²) in [6, 6.07) is 7.62. The van der Waals surface area contributed by atoms with Crippen molar-refractivity contribution in [2.45, 2.75) is 39.0 Å². The summed E-state index contributed by atoms with van der Waals surface area (Å²) in [6.07, 6.45) is 6.64. The summed E-state index contributed by atoms with van der Waals surface area (Å²) in [4.78, 5) is 14.6. The topological polar surface area (TPSA) is 81.8 Å². The first-order chi connectivity index (χ1) is 12.9. The molecule has 1 aliphatic heterocycles. The number of sulfonamides is 1. The number of benzene rings is 1. The van der Waals surface area contributed by atoms with Gasteiger partial charge in [0.25, 0.3) is 0 Å². The van der Waals surface area contributed by atoms with Crippen molar-refractivity contribution < 1.29 is 13.2 Å². The first kappa shape index (κ1) is 21.5. The van der Waals surface area contributed by atoms with Crippen molar-refractivity contribution >= 4 is 27.4 Å². The molecule has 0 aliphatic carbocycles. The maximum atomic E-state index is 12.3. The number of hydrogen-bond acceptors (Lipinski definition) is 4. The summed E-state index contributed by atoms with van der Waals surface area (Å²) >= 11 is 0. The molecule has 2 N–H and O–H groups in total. The third-order valence-corrected chi connectivity index (χ3v) is 6.17. The molecule has 2 amide bonds. The highest BCUT2D eigenvalue weighted by molar-refractivity contribution is 7.88. The fraction of sp³-hybridized carbons (Fsp3) is 0.632. The first-order valence-electron chi connectivity index (χ1n) is 9.75. The molecule has 1 heterocycles. The molecule has 1 saturated heterocycles. The number of nitrogens with zero attached hydrogens (tertiary/aromatic N) is 2. The second-order valence-electron chi connectivity index (χ2n) is 6.91. The number of urea groups is 1. The minimum atomic E-state index is -3.19. The van der Waals surface area contributed by atoms with Crippen LogP contribution in [0.1, 0.15) is 39.0 Å². The molecule has 0 atom stereocenters. The summed E-state index contributed by atoms with van der Waals surface area (Å²) in [5, 5.41) is 5.75. The standard InChI is InChI=1S/C19H32N4O3S/c1-3-23(27(2,25)26)16-10-13-20-19(24)21-17-11-6-7-12-18(17)22-14-8-4-5-9-15-22/h6-7,11-12H,3-5,8-10,13-16H2,1-2H3,(H2,20,21,24). The molecule has 0 spiro atoms. The van der Waals surface area contributed by atoms with Gasteiger partial charge in [-0.15, -0.1) is 0 Å². The zero-order valence-corrected chi connectivity index (χ0v) is 17.2. The Bertz CT molecular complexity index is 701. The number of nitrogens with one attached hydrogen (secondary N) is 2. The van der Waals surface area contributed by atoms with E-state index in [-0.39, 0.29) is 6.03 Å². The van der Waals surface area contributed by atoms with Crippen LogP contribution in [-0.2, 0) is 10.0 Å². The van der Waals surface area contributed by atoms with Gasteiger partial charge < -0.3 is 15.5 Å². The number of para-hydroxylation sites is 2. The molecule has 0 unspecified atom stereocenters. The molecule has 2 rings (SSSR count). The lowest BCUT2D eigenvalue weighted by Crippen LogP contribution is -2.35. The lowest BCUT2D eigenvalue weighted by atomic mass is 10.2. The molecule has 27 heavy (non-hydrogen) atoms. The van der Waals surface area contributed by atoms with Crippen molar-refractivity contribution in [1.82, 2.24) is 9.62 Å². The average molecular weight is 397 g/mol. The predicted molar refractivity (Wildman–Crippen MR) is 111 cm³/mol. The number of rotatable bonds is 8. The fourth-order valence-corrected chi connectivity index (χ4v) is 4.28. The van der Waals surface area contributed by atoms with Gasteiger partial charge in [0.05, 0.1) is 17.6 Å². The quantitative estimate of drug-likeness (QED) is 0.662. The third kappa shape index (κ3) is 7.03. The highest BCUT2D eigenvalue weighted by Gasteiger charge is 2.15. The van der Waals surface area contributed by atoms with Gasteiger partial charge in [0.1, 0.15) is 0 Å². The average Bonchev–Trinajstić information content (AvgIpc) is 2.90. The summed E-state index contributed by atoms with van der Waals surface area (Å²) in [5.41, 5.74) is 1.87. The Labute approximate surface area is 163 Å². The van der Waals surface area contributed by atoms with E-state index in [4.69, 9.17) is 0 Å². The van der Waals surface area contributed by atoms with Gasteiger partial charge in [0.2, 0.25) is 10.0 Å². The highest BCUT2D eigenvalue weighted by Crippen LogP contribution is 2.27. The Kier molecular flexibility index (Phi) is 8.37. The molecule has 8 heteroatoms. The first-order valence-corrected chi connectivity index (χ1v) is 11.6. The van der Waals surface area contributed by atoms with Crippen LogP contribution in [0.3, 0.4) is 0 Å². The molecule has 1 aromatic carbocycles. The molecule has 1 aromatic rings. The van der Waals surface area contributed by atoms with Crippen molar-refractivity contribution in [3.63, 3.8) is 0 Å². The van der Waals surface area contributed by atoms with Gasteiger partial charge in [-0.05, 0) is 31.4 Å². The molecular formula is C19H32N4O3S. The zero-order chi connectivity index (χ0) is 19.7. The lowest BCUT2D eigenvalue weighted by molar-refractivity contribution is 0.251. The van der Waals surface area contributed by atoms with Crippen molar-refractivity contribution in [2.75, 3.05) is 49.2 Å². The van der Waals surface area contributed by atoms with Crippen LogP contribution in [-0.4, -0.2) is 57.7 Å². The van der Waals surface area contributed by atoms with E-state index in [9.17, 15) is 13.2 Å². The van der Waals surface area contributed by atoms with Crippen LogP contribution in [0.4, 0.5) is 16.2 Å². The Hall–Kier alpha value is -1.80. The number of hydrogen-bond donors (Lipinski definition) is 2. The summed E-state index contributed by atoms with van der Waals surface area (Å²) in [5.74, 6) is 0. The van der Waals surface area contributed by atoms with E-state index in [1.807, 2.05) is 24.3 Å². The van der Waals surface area contributed by atoms with E-state index in [1.54, 1.807) is 6.92 Å². The van der Waals surface area contributed by atoms with Crippen LogP contribution in [0, 0.1) is 0 Å². The molecule has 152 valence electrons. The molecule has 0 aromatic heterocycles. The molecular weight excluding hydrogens is 364 g/mol. The minimum absolute atomic E-state index is 0.264. The van der Waals surface area contributed by atoms with Gasteiger partial charge in [-0.1, -0.05) is 31.9 Å². The fourth-order valence-electron chi connectivity index (χ4n) is 3.35. The van der Waals surface area contributed by atoms with Gasteiger partial charge in [0.15, 0.2) is 0 Å². The maximum Gasteiger partial charge on any atom is 0.319 e. The van der Waals surface area contributed by atoms with Crippen molar-refractivity contribution in [3.05, 3.63) is 24.3 Å². The van der Waals surface area contributed by atoms with Crippen LogP contribution in [0.15, 0.2) is 24.3 Å². The summed E-state index contributed by atoms with van der Waals surface area (Å²) in [6.45, 7) is 5.09. The highest BCUT2D eigenvalue weighted by atomic mass is 32.2. The Balaban J connectivity index is 1.85. The molecule has 1 fully saturated rings. The van der Waals surface area contributed by atoms with E-state index in [0.29, 0.717) is 26.1 Å². The maximum absolute atomic E-state index is 12.3. The summed E-state index contributed by atoms with van der Waals surface area (Å²) < 4.78 is 24.5. The molecule has 7 nitrogen and oxygen atoms in total. The second-order valence-corrected chi connectivity index (χ2v) is 8.89. The molecule has 0 radical (unpaired) electrons. The second kappa shape index (κ2) is 10.5. The predicted octanol–water partition coefficient (Wildman–Crippen LogP) is 2.86. The van der Waals surface area contributed by atoms with Crippen LogP contribution in [0.2, 0.25) is 0 Å². The largest absolute Gasteiger partial charge is 0.370 e. The number of anilines is 2. The zero-order valence-electron chi connectivity index (χ0n) is 16.4. The molecule has 0 saturated carbocycles. The van der Waals surface area contributed by atoms with Crippen molar-refractivity contribution in [1.29, 1.82) is 0 Å². The monoisotopic (exact) mass is 396 g/mol. The van der Waals surface area contributed by atoms with E-state index in [2.05, 4.69) is 15.5 Å². The van der Waals surface area contributed by atoms with Gasteiger partial charge >= 0.3 is 6.03 Å². The summed E-state index contributed by atoms with van der Waals surface area (Å²) in [7, 11) is -3.19. The third-order valence-electron chi connectivity index (χ3n) is 4.79. The molecule has 1 aliphatic rings. The van der Waals surface area contributed by atoms with Crippen LogP contribution in [0.25, 0.3) is 0 Å². The minimum Gasteiger partial charge on any atom is -0.370 e. The van der Waals surface area contributed by atoms with Crippen LogP contribution >= 0.6 is 0 Å². The van der Waals surface area contributed by atoms with Gasteiger partial charge in [-0.2, -0.15) is 0 Å². The number of amides is 2.